The Morgan fingerprint density at radius 3 is 2.53 bits per heavy atom. The number of rotatable bonds is 6. The largest absolute Gasteiger partial charge is 0.383 e. The lowest BCUT2D eigenvalue weighted by Crippen LogP contribution is -2.47. The zero-order chi connectivity index (χ0) is 13.0. The van der Waals surface area contributed by atoms with Crippen LogP contribution in [0.5, 0.6) is 0 Å². The van der Waals surface area contributed by atoms with Gasteiger partial charge in [0.1, 0.15) is 0 Å². The minimum Gasteiger partial charge on any atom is -0.383 e. The first kappa shape index (κ1) is 14.1. The number of nitrogens with one attached hydrogen (secondary N) is 1. The third-order valence-electron chi connectivity index (χ3n) is 3.13. The molecule has 1 saturated heterocycles. The molecular weight excluding hydrogens is 220 g/mol. The Morgan fingerprint density at radius 1 is 1.47 bits per heavy atom. The van der Waals surface area contributed by atoms with Crippen LogP contribution in [0.2, 0.25) is 0 Å². The van der Waals surface area contributed by atoms with Gasteiger partial charge in [-0.15, -0.1) is 0 Å². The van der Waals surface area contributed by atoms with Crippen molar-refractivity contribution in [3.8, 4) is 0 Å². The number of carbonyl (C=O) groups is 2. The maximum Gasteiger partial charge on any atom is 0.246 e. The molecule has 0 spiro atoms. The van der Waals surface area contributed by atoms with Crippen LogP contribution in [0, 0.1) is 5.92 Å². The fraction of sp³-hybridized carbons (Fsp3) is 0.833. The van der Waals surface area contributed by atoms with Gasteiger partial charge in [-0.3, -0.25) is 14.5 Å². The number of likely N-dealkylation sites (N-methyl/N-ethyl adjacent to an activating group) is 1. The molecule has 0 aromatic heterocycles. The second-order valence-corrected chi connectivity index (χ2v) is 4.71. The summed E-state index contributed by atoms with van der Waals surface area (Å²) in [4.78, 5) is 24.8. The molecule has 1 heterocycles. The van der Waals surface area contributed by atoms with E-state index in [0.29, 0.717) is 19.1 Å². The third kappa shape index (κ3) is 3.26. The Bertz CT molecular complexity index is 291. The van der Waals surface area contributed by atoms with Gasteiger partial charge in [0, 0.05) is 19.7 Å². The molecule has 2 atom stereocenters. The highest BCUT2D eigenvalue weighted by molar-refractivity contribution is 6.05. The predicted molar refractivity (Wildman–Crippen MR) is 64.4 cm³/mol. The molecule has 2 amide bonds. The van der Waals surface area contributed by atoms with E-state index < -0.39 is 0 Å². The maximum atomic E-state index is 11.9. The topological polar surface area (TPSA) is 58.6 Å². The van der Waals surface area contributed by atoms with Crippen LogP contribution in [0.3, 0.4) is 0 Å². The van der Waals surface area contributed by atoms with E-state index in [0.717, 1.165) is 0 Å². The van der Waals surface area contributed by atoms with Crippen molar-refractivity contribution in [3.05, 3.63) is 0 Å². The first-order valence-corrected chi connectivity index (χ1v) is 6.10. The molecule has 1 fully saturated rings. The Labute approximate surface area is 102 Å². The van der Waals surface area contributed by atoms with Gasteiger partial charge in [0.05, 0.1) is 19.1 Å². The summed E-state index contributed by atoms with van der Waals surface area (Å²) in [5, 5.41) is 3.22. The quantitative estimate of drug-likeness (QED) is 0.685. The maximum absolute atomic E-state index is 11.9. The highest BCUT2D eigenvalue weighted by Crippen LogP contribution is 2.15. The molecule has 2 unspecified atom stereocenters. The van der Waals surface area contributed by atoms with E-state index >= 15 is 0 Å². The number of hydrogen-bond donors (Lipinski definition) is 1. The average Bonchev–Trinajstić information content (AvgIpc) is 2.53. The molecule has 0 aromatic rings. The second-order valence-electron chi connectivity index (χ2n) is 4.71. The van der Waals surface area contributed by atoms with Gasteiger partial charge in [0.2, 0.25) is 11.8 Å². The number of hydrogen-bond acceptors (Lipinski definition) is 4. The Hall–Kier alpha value is -0.940. The first-order valence-electron chi connectivity index (χ1n) is 6.10. The lowest BCUT2D eigenvalue weighted by molar-refractivity contribution is -0.138. The van der Waals surface area contributed by atoms with Crippen LogP contribution in [-0.2, 0) is 14.3 Å². The monoisotopic (exact) mass is 242 g/mol. The fourth-order valence-corrected chi connectivity index (χ4v) is 2.02. The smallest absolute Gasteiger partial charge is 0.246 e. The van der Waals surface area contributed by atoms with Crippen molar-refractivity contribution >= 4 is 11.8 Å². The van der Waals surface area contributed by atoms with Crippen LogP contribution < -0.4 is 5.32 Å². The second kappa shape index (κ2) is 6.12. The van der Waals surface area contributed by atoms with Gasteiger partial charge < -0.3 is 10.1 Å². The number of carbonyl (C=O) groups excluding carboxylic acids is 2. The molecule has 5 heteroatoms. The molecule has 0 radical (unpaired) electrons. The summed E-state index contributed by atoms with van der Waals surface area (Å²) in [7, 11) is 1.64. The minimum absolute atomic E-state index is 0.0880. The molecule has 0 bridgehead atoms. The summed E-state index contributed by atoms with van der Waals surface area (Å²) < 4.78 is 5.12. The van der Waals surface area contributed by atoms with Crippen molar-refractivity contribution in [3.63, 3.8) is 0 Å². The number of imide groups is 1. The lowest BCUT2D eigenvalue weighted by Gasteiger charge is -2.24. The summed E-state index contributed by atoms with van der Waals surface area (Å²) in [6.07, 6.45) is 0.263. The van der Waals surface area contributed by atoms with Crippen LogP contribution in [0.25, 0.3) is 0 Å². The van der Waals surface area contributed by atoms with Crippen molar-refractivity contribution < 1.29 is 14.3 Å². The zero-order valence-corrected chi connectivity index (χ0v) is 11.0. The normalized spacial score (nSPS) is 22.6. The highest BCUT2D eigenvalue weighted by Gasteiger charge is 2.38. The number of likely N-dealkylation sites (tertiary alicyclic amines) is 1. The van der Waals surface area contributed by atoms with E-state index in [4.69, 9.17) is 4.74 Å². The predicted octanol–water partition coefficient (Wildman–Crippen LogP) is 0.394. The van der Waals surface area contributed by atoms with Gasteiger partial charge >= 0.3 is 0 Å². The Morgan fingerprint density at radius 2 is 2.12 bits per heavy atom. The molecule has 1 N–H and O–H groups in total. The van der Waals surface area contributed by atoms with Crippen LogP contribution in [0.1, 0.15) is 27.2 Å². The van der Waals surface area contributed by atoms with Gasteiger partial charge in [-0.05, 0) is 12.8 Å². The molecule has 0 aliphatic carbocycles. The average molecular weight is 242 g/mol. The molecular formula is C12H22N2O3. The molecule has 5 nitrogen and oxygen atoms in total. The van der Waals surface area contributed by atoms with E-state index in [-0.39, 0.29) is 30.3 Å². The van der Waals surface area contributed by atoms with Crippen molar-refractivity contribution in [2.45, 2.75) is 39.3 Å². The molecule has 1 aliphatic heterocycles. The van der Waals surface area contributed by atoms with E-state index in [1.807, 2.05) is 6.92 Å². The summed E-state index contributed by atoms with van der Waals surface area (Å²) in [5.74, 6) is 0.155. The van der Waals surface area contributed by atoms with Crippen LogP contribution in [0.4, 0.5) is 0 Å². The molecule has 17 heavy (non-hydrogen) atoms. The van der Waals surface area contributed by atoms with E-state index in [1.165, 1.54) is 4.90 Å². The molecule has 0 saturated carbocycles. The highest BCUT2D eigenvalue weighted by atomic mass is 16.5. The standard InChI is InChI=1S/C12H22N2O3/c1-5-14-11(15)6-9(12(14)16)13-10(7-17-4)8(2)3/h8-10,13H,5-7H2,1-4H3. The van der Waals surface area contributed by atoms with Crippen molar-refractivity contribution in [1.29, 1.82) is 0 Å². The molecule has 98 valence electrons. The summed E-state index contributed by atoms with van der Waals surface area (Å²) in [5.41, 5.74) is 0. The fourth-order valence-electron chi connectivity index (χ4n) is 2.02. The zero-order valence-electron chi connectivity index (χ0n) is 11.0. The number of amides is 2. The first-order chi connectivity index (χ1) is 8.01. The van der Waals surface area contributed by atoms with E-state index in [2.05, 4.69) is 19.2 Å². The summed E-state index contributed by atoms with van der Waals surface area (Å²) in [6, 6.07) is -0.288. The van der Waals surface area contributed by atoms with Crippen LogP contribution in [0.15, 0.2) is 0 Å². The van der Waals surface area contributed by atoms with Crippen LogP contribution in [-0.4, -0.2) is 49.1 Å². The molecule has 0 aromatic carbocycles. The van der Waals surface area contributed by atoms with Gasteiger partial charge in [0.15, 0.2) is 0 Å². The van der Waals surface area contributed by atoms with Crippen molar-refractivity contribution in [1.82, 2.24) is 10.2 Å². The Balaban J connectivity index is 2.62. The van der Waals surface area contributed by atoms with Gasteiger partial charge in [0.25, 0.3) is 0 Å². The SMILES string of the molecule is CCN1C(=O)CC(NC(COC)C(C)C)C1=O. The van der Waals surface area contributed by atoms with Crippen LogP contribution >= 0.6 is 0 Å². The summed E-state index contributed by atoms with van der Waals surface area (Å²) in [6.45, 7) is 6.94. The van der Waals surface area contributed by atoms with Gasteiger partial charge in [-0.2, -0.15) is 0 Å². The molecule has 1 aliphatic rings. The van der Waals surface area contributed by atoms with E-state index in [1.54, 1.807) is 7.11 Å². The number of nitrogens with zero attached hydrogens (tertiary/aromatic N) is 1. The molecule has 1 rings (SSSR count). The minimum atomic E-state index is -0.384. The number of methoxy groups -OCH3 is 1. The summed E-state index contributed by atoms with van der Waals surface area (Å²) >= 11 is 0. The third-order valence-corrected chi connectivity index (χ3v) is 3.13. The van der Waals surface area contributed by atoms with Gasteiger partial charge in [-0.25, -0.2) is 0 Å². The van der Waals surface area contributed by atoms with Crippen molar-refractivity contribution in [2.24, 2.45) is 5.92 Å². The van der Waals surface area contributed by atoms with E-state index in [9.17, 15) is 9.59 Å². The van der Waals surface area contributed by atoms with Gasteiger partial charge in [-0.1, -0.05) is 13.8 Å². The lowest BCUT2D eigenvalue weighted by atomic mass is 10.0. The van der Waals surface area contributed by atoms with Crippen molar-refractivity contribution in [2.75, 3.05) is 20.3 Å². The Kier molecular flexibility index (Phi) is 5.08. The number of ether oxygens (including phenoxy) is 1.